The number of hydrogen-bond donors (Lipinski definition) is 0. The zero-order valence-electron chi connectivity index (χ0n) is 7.79. The second-order valence-electron chi connectivity index (χ2n) is 3.16. The predicted molar refractivity (Wildman–Crippen MR) is 55.0 cm³/mol. The van der Waals surface area contributed by atoms with Crippen LogP contribution in [-0.4, -0.2) is 15.2 Å². The van der Waals surface area contributed by atoms with Crippen molar-refractivity contribution in [1.82, 2.24) is 15.2 Å². The summed E-state index contributed by atoms with van der Waals surface area (Å²) >= 11 is 0. The lowest BCUT2D eigenvalue weighted by atomic mass is 10.1. The van der Waals surface area contributed by atoms with Gasteiger partial charge in [-0.2, -0.15) is 0 Å². The number of benzene rings is 1. The first-order valence-corrected chi connectivity index (χ1v) is 4.55. The second-order valence-corrected chi connectivity index (χ2v) is 3.16. The van der Waals surface area contributed by atoms with Crippen molar-refractivity contribution in [1.29, 1.82) is 0 Å². The van der Waals surface area contributed by atoms with Crippen LogP contribution in [-0.2, 0) is 0 Å². The van der Waals surface area contributed by atoms with Gasteiger partial charge in [0.05, 0.1) is 11.1 Å². The lowest BCUT2D eigenvalue weighted by Crippen LogP contribution is -1.82. The molecule has 0 atom stereocenters. The highest BCUT2D eigenvalue weighted by molar-refractivity contribution is 5.81. The smallest absolute Gasteiger partial charge is 0.249 e. The first kappa shape index (κ1) is 8.11. The van der Waals surface area contributed by atoms with Gasteiger partial charge in [0.1, 0.15) is 0 Å². The van der Waals surface area contributed by atoms with E-state index >= 15 is 0 Å². The molecule has 72 valence electrons. The molecule has 15 heavy (non-hydrogen) atoms. The van der Waals surface area contributed by atoms with Gasteiger partial charge in [0.15, 0.2) is 0 Å². The summed E-state index contributed by atoms with van der Waals surface area (Å²) in [6.07, 6.45) is 3.04. The molecule has 0 saturated heterocycles. The molecular weight excluding hydrogens is 190 g/mol. The third-order valence-corrected chi connectivity index (χ3v) is 2.20. The number of nitrogens with zero attached hydrogens (tertiary/aromatic N) is 3. The molecule has 0 fully saturated rings. The first-order chi connectivity index (χ1) is 7.43. The zero-order valence-corrected chi connectivity index (χ0v) is 7.79. The number of aromatic nitrogens is 3. The van der Waals surface area contributed by atoms with Gasteiger partial charge in [-0.25, -0.2) is 0 Å². The van der Waals surface area contributed by atoms with E-state index in [1.54, 1.807) is 6.20 Å². The molecule has 0 saturated carbocycles. The first-order valence-electron chi connectivity index (χ1n) is 4.55. The van der Waals surface area contributed by atoms with E-state index in [9.17, 15) is 0 Å². The molecule has 0 aliphatic heterocycles. The Hall–Kier alpha value is -2.23. The van der Waals surface area contributed by atoms with Crippen molar-refractivity contribution in [3.63, 3.8) is 0 Å². The molecule has 0 unspecified atom stereocenters. The van der Waals surface area contributed by atoms with Gasteiger partial charge < -0.3 is 4.42 Å². The van der Waals surface area contributed by atoms with Crippen LogP contribution in [0.1, 0.15) is 0 Å². The van der Waals surface area contributed by atoms with Gasteiger partial charge >= 0.3 is 0 Å². The van der Waals surface area contributed by atoms with E-state index in [1.165, 1.54) is 6.39 Å². The van der Waals surface area contributed by atoms with Crippen molar-refractivity contribution < 1.29 is 4.42 Å². The molecule has 2 aromatic heterocycles. The molecule has 3 aromatic rings. The Balaban J connectivity index is 2.22. The largest absolute Gasteiger partial charge is 0.423 e. The molecule has 4 nitrogen and oxygen atoms in total. The Kier molecular flexibility index (Phi) is 1.71. The Morgan fingerprint density at radius 1 is 1.13 bits per heavy atom. The van der Waals surface area contributed by atoms with Crippen molar-refractivity contribution in [3.05, 3.63) is 42.9 Å². The van der Waals surface area contributed by atoms with Crippen LogP contribution in [0.4, 0.5) is 0 Å². The molecule has 0 radical (unpaired) electrons. The van der Waals surface area contributed by atoms with Crippen LogP contribution in [0, 0.1) is 0 Å². The molecule has 0 aliphatic carbocycles. The molecule has 0 amide bonds. The summed E-state index contributed by atoms with van der Waals surface area (Å²) in [5.41, 5.74) is 1.80. The third-order valence-electron chi connectivity index (χ3n) is 2.20. The standard InChI is InChI=1S/C11H7N3O/c1-2-4-10-8(3-1)5-9(6-12-10)11-14-13-7-15-11/h1-7H. The maximum absolute atomic E-state index is 5.11. The van der Waals surface area contributed by atoms with E-state index in [1.807, 2.05) is 30.3 Å². The van der Waals surface area contributed by atoms with E-state index in [2.05, 4.69) is 15.2 Å². The Morgan fingerprint density at radius 2 is 2.07 bits per heavy atom. The van der Waals surface area contributed by atoms with Crippen LogP contribution in [0.3, 0.4) is 0 Å². The van der Waals surface area contributed by atoms with Gasteiger partial charge in [0.2, 0.25) is 12.3 Å². The molecule has 3 rings (SSSR count). The van der Waals surface area contributed by atoms with Crippen molar-refractivity contribution in [2.75, 3.05) is 0 Å². The monoisotopic (exact) mass is 197 g/mol. The summed E-state index contributed by atoms with van der Waals surface area (Å²) < 4.78 is 5.11. The quantitative estimate of drug-likeness (QED) is 0.600. The van der Waals surface area contributed by atoms with Gasteiger partial charge in [-0.05, 0) is 12.1 Å². The van der Waals surface area contributed by atoms with Crippen LogP contribution >= 0.6 is 0 Å². The average molecular weight is 197 g/mol. The summed E-state index contributed by atoms with van der Waals surface area (Å²) in [5.74, 6) is 0.494. The molecule has 0 spiro atoms. The molecule has 0 bridgehead atoms. The van der Waals surface area contributed by atoms with Crippen LogP contribution in [0.5, 0.6) is 0 Å². The van der Waals surface area contributed by atoms with Gasteiger partial charge in [0, 0.05) is 11.6 Å². The van der Waals surface area contributed by atoms with Gasteiger partial charge in [-0.15, -0.1) is 10.2 Å². The predicted octanol–water partition coefficient (Wildman–Crippen LogP) is 2.28. The fourth-order valence-electron chi connectivity index (χ4n) is 1.49. The second kappa shape index (κ2) is 3.16. The van der Waals surface area contributed by atoms with Crippen molar-refractivity contribution in [2.24, 2.45) is 0 Å². The molecule has 2 heterocycles. The zero-order chi connectivity index (χ0) is 10.1. The van der Waals surface area contributed by atoms with Crippen LogP contribution < -0.4 is 0 Å². The number of hydrogen-bond acceptors (Lipinski definition) is 4. The minimum atomic E-state index is 0.494. The van der Waals surface area contributed by atoms with Crippen molar-refractivity contribution in [3.8, 4) is 11.5 Å². The highest BCUT2D eigenvalue weighted by atomic mass is 16.4. The van der Waals surface area contributed by atoms with Crippen molar-refractivity contribution >= 4 is 10.9 Å². The van der Waals surface area contributed by atoms with E-state index < -0.39 is 0 Å². The van der Waals surface area contributed by atoms with E-state index in [4.69, 9.17) is 4.42 Å². The Labute approximate surface area is 85.6 Å². The Bertz CT molecular complexity index is 590. The summed E-state index contributed by atoms with van der Waals surface area (Å²) in [6.45, 7) is 0. The third kappa shape index (κ3) is 1.36. The van der Waals surface area contributed by atoms with Crippen molar-refractivity contribution in [2.45, 2.75) is 0 Å². The Morgan fingerprint density at radius 3 is 2.93 bits per heavy atom. The number of rotatable bonds is 1. The SMILES string of the molecule is c1ccc2ncc(-c3nnco3)cc2c1. The lowest BCUT2D eigenvalue weighted by molar-refractivity contribution is 0.568. The molecule has 4 heteroatoms. The number of fused-ring (bicyclic) bond motifs is 1. The normalized spacial score (nSPS) is 10.7. The molecule has 1 aromatic carbocycles. The molecule has 0 N–H and O–H groups in total. The van der Waals surface area contributed by atoms with Gasteiger partial charge in [0.25, 0.3) is 0 Å². The van der Waals surface area contributed by atoms with Crippen LogP contribution in [0.2, 0.25) is 0 Å². The fourth-order valence-corrected chi connectivity index (χ4v) is 1.49. The van der Waals surface area contributed by atoms with E-state index in [0.717, 1.165) is 16.5 Å². The van der Waals surface area contributed by atoms with Crippen LogP contribution in [0.15, 0.2) is 47.3 Å². The minimum absolute atomic E-state index is 0.494. The number of para-hydroxylation sites is 1. The number of pyridine rings is 1. The summed E-state index contributed by atoms with van der Waals surface area (Å²) in [7, 11) is 0. The maximum atomic E-state index is 5.11. The highest BCUT2D eigenvalue weighted by Gasteiger charge is 2.04. The lowest BCUT2D eigenvalue weighted by Gasteiger charge is -1.97. The van der Waals surface area contributed by atoms with E-state index in [-0.39, 0.29) is 0 Å². The summed E-state index contributed by atoms with van der Waals surface area (Å²) in [6, 6.07) is 9.88. The molecular formula is C11H7N3O. The van der Waals surface area contributed by atoms with E-state index in [0.29, 0.717) is 5.89 Å². The fraction of sp³-hybridized carbons (Fsp3) is 0. The maximum Gasteiger partial charge on any atom is 0.249 e. The molecule has 0 aliphatic rings. The summed E-state index contributed by atoms with van der Waals surface area (Å²) in [4.78, 5) is 4.31. The summed E-state index contributed by atoms with van der Waals surface area (Å²) in [5, 5.41) is 8.53. The van der Waals surface area contributed by atoms with Gasteiger partial charge in [-0.1, -0.05) is 18.2 Å². The average Bonchev–Trinajstić information content (AvgIpc) is 2.82. The van der Waals surface area contributed by atoms with Crippen LogP contribution in [0.25, 0.3) is 22.4 Å². The minimum Gasteiger partial charge on any atom is -0.423 e. The topological polar surface area (TPSA) is 51.8 Å². The van der Waals surface area contributed by atoms with Gasteiger partial charge in [-0.3, -0.25) is 4.98 Å². The highest BCUT2D eigenvalue weighted by Crippen LogP contribution is 2.20.